The number of hydrogen-bond acceptors (Lipinski definition) is 7. The fourth-order valence-corrected chi connectivity index (χ4v) is 3.10. The Morgan fingerprint density at radius 3 is 3.09 bits per heavy atom. The highest BCUT2D eigenvalue weighted by Crippen LogP contribution is 2.21. The van der Waals surface area contributed by atoms with Gasteiger partial charge in [0.2, 0.25) is 17.6 Å². The number of hydrogen-bond donors (Lipinski definition) is 1. The standard InChI is InChI=1S/C14H14N4O2S2/c19-12(15-6-5-10-8-21-9-16-10)3-4-13-17-14(18-20-13)11-2-1-7-22-11/h1-2,7-9H,3-6H2,(H,15,19). The molecule has 3 aromatic heterocycles. The minimum absolute atomic E-state index is 0.0221. The van der Waals surface area contributed by atoms with Crippen LogP contribution in [0.4, 0.5) is 0 Å². The predicted molar refractivity (Wildman–Crippen MR) is 84.8 cm³/mol. The normalized spacial score (nSPS) is 10.7. The van der Waals surface area contributed by atoms with Gasteiger partial charge in [0.25, 0.3) is 0 Å². The van der Waals surface area contributed by atoms with Crippen LogP contribution in [0.25, 0.3) is 10.7 Å². The van der Waals surface area contributed by atoms with E-state index in [1.807, 2.05) is 22.9 Å². The summed E-state index contributed by atoms with van der Waals surface area (Å²) in [6.45, 7) is 0.590. The largest absolute Gasteiger partial charge is 0.356 e. The lowest BCUT2D eigenvalue weighted by atomic mass is 10.3. The van der Waals surface area contributed by atoms with Gasteiger partial charge in [-0.05, 0) is 11.4 Å². The highest BCUT2D eigenvalue weighted by molar-refractivity contribution is 7.13. The molecule has 0 aliphatic carbocycles. The summed E-state index contributed by atoms with van der Waals surface area (Å²) in [7, 11) is 0. The molecule has 1 amide bonds. The second-order valence-corrected chi connectivity index (χ2v) is 6.24. The Morgan fingerprint density at radius 2 is 2.32 bits per heavy atom. The quantitative estimate of drug-likeness (QED) is 0.718. The number of nitrogens with zero attached hydrogens (tertiary/aromatic N) is 3. The molecule has 3 rings (SSSR count). The minimum atomic E-state index is -0.0221. The average molecular weight is 334 g/mol. The van der Waals surface area contributed by atoms with E-state index in [1.165, 1.54) is 0 Å². The molecule has 0 aliphatic rings. The summed E-state index contributed by atoms with van der Waals surface area (Å²) in [5.74, 6) is 1.04. The molecule has 0 bridgehead atoms. The third kappa shape index (κ3) is 3.99. The zero-order valence-corrected chi connectivity index (χ0v) is 13.3. The van der Waals surface area contributed by atoms with Gasteiger partial charge in [0.05, 0.1) is 16.1 Å². The van der Waals surface area contributed by atoms with E-state index < -0.39 is 0 Å². The fourth-order valence-electron chi connectivity index (χ4n) is 1.86. The summed E-state index contributed by atoms with van der Waals surface area (Å²) in [4.78, 5) is 21.2. The van der Waals surface area contributed by atoms with Gasteiger partial charge in [-0.25, -0.2) is 4.98 Å². The first-order valence-corrected chi connectivity index (χ1v) is 8.64. The molecule has 0 aliphatic heterocycles. The van der Waals surface area contributed by atoms with E-state index in [0.717, 1.165) is 17.0 Å². The second kappa shape index (κ2) is 7.28. The van der Waals surface area contributed by atoms with Gasteiger partial charge in [0.1, 0.15) is 0 Å². The summed E-state index contributed by atoms with van der Waals surface area (Å²) < 4.78 is 5.16. The van der Waals surface area contributed by atoms with Crippen LogP contribution >= 0.6 is 22.7 Å². The lowest BCUT2D eigenvalue weighted by Crippen LogP contribution is -2.25. The Kier molecular flexibility index (Phi) is 4.92. The molecule has 0 radical (unpaired) electrons. The smallest absolute Gasteiger partial charge is 0.227 e. The van der Waals surface area contributed by atoms with E-state index in [4.69, 9.17) is 4.52 Å². The molecular weight excluding hydrogens is 320 g/mol. The first-order valence-electron chi connectivity index (χ1n) is 6.81. The van der Waals surface area contributed by atoms with Gasteiger partial charge < -0.3 is 9.84 Å². The van der Waals surface area contributed by atoms with Crippen molar-refractivity contribution in [1.82, 2.24) is 20.4 Å². The molecule has 0 atom stereocenters. The Hall–Kier alpha value is -2.06. The number of aryl methyl sites for hydroxylation is 1. The number of rotatable bonds is 7. The molecule has 0 unspecified atom stereocenters. The van der Waals surface area contributed by atoms with Gasteiger partial charge in [0, 0.05) is 31.2 Å². The van der Waals surface area contributed by atoms with Gasteiger partial charge in [0.15, 0.2) is 0 Å². The summed E-state index contributed by atoms with van der Waals surface area (Å²) in [5.41, 5.74) is 2.79. The first-order chi connectivity index (χ1) is 10.8. The van der Waals surface area contributed by atoms with Crippen molar-refractivity contribution in [2.24, 2.45) is 0 Å². The summed E-state index contributed by atoms with van der Waals surface area (Å²) in [6.07, 6.45) is 1.53. The molecule has 1 N–H and O–H groups in total. The summed E-state index contributed by atoms with van der Waals surface area (Å²) in [6, 6.07) is 3.87. The Labute approximate surface area is 135 Å². The van der Waals surface area contributed by atoms with E-state index in [9.17, 15) is 4.79 Å². The first kappa shape index (κ1) is 14.9. The summed E-state index contributed by atoms with van der Waals surface area (Å²) >= 11 is 3.11. The molecule has 3 aromatic rings. The molecular formula is C14H14N4O2S2. The number of nitrogens with one attached hydrogen (secondary N) is 1. The van der Waals surface area contributed by atoms with E-state index in [2.05, 4.69) is 20.4 Å². The number of amides is 1. The van der Waals surface area contributed by atoms with Crippen molar-refractivity contribution in [1.29, 1.82) is 0 Å². The van der Waals surface area contributed by atoms with Crippen LogP contribution in [0.5, 0.6) is 0 Å². The molecule has 3 heterocycles. The second-order valence-electron chi connectivity index (χ2n) is 4.57. The van der Waals surface area contributed by atoms with Crippen LogP contribution in [-0.4, -0.2) is 27.6 Å². The molecule has 0 saturated carbocycles. The minimum Gasteiger partial charge on any atom is -0.356 e. The SMILES string of the molecule is O=C(CCc1nc(-c2cccs2)no1)NCCc1cscn1. The number of aromatic nitrogens is 3. The number of thiophene rings is 1. The van der Waals surface area contributed by atoms with E-state index in [-0.39, 0.29) is 5.91 Å². The zero-order valence-electron chi connectivity index (χ0n) is 11.7. The maximum atomic E-state index is 11.8. The lowest BCUT2D eigenvalue weighted by Gasteiger charge is -2.02. The number of carbonyl (C=O) groups is 1. The molecule has 0 saturated heterocycles. The topological polar surface area (TPSA) is 80.9 Å². The monoisotopic (exact) mass is 334 g/mol. The van der Waals surface area contributed by atoms with Gasteiger partial charge in [-0.15, -0.1) is 22.7 Å². The maximum Gasteiger partial charge on any atom is 0.227 e. The van der Waals surface area contributed by atoms with Gasteiger partial charge in [-0.2, -0.15) is 4.98 Å². The van der Waals surface area contributed by atoms with E-state index in [1.54, 1.807) is 28.2 Å². The van der Waals surface area contributed by atoms with Gasteiger partial charge in [-0.1, -0.05) is 11.2 Å². The third-order valence-electron chi connectivity index (χ3n) is 2.96. The van der Waals surface area contributed by atoms with Crippen molar-refractivity contribution in [2.75, 3.05) is 6.54 Å². The predicted octanol–water partition coefficient (Wildman–Crippen LogP) is 2.55. The molecule has 22 heavy (non-hydrogen) atoms. The summed E-state index contributed by atoms with van der Waals surface area (Å²) in [5, 5.41) is 10.7. The van der Waals surface area contributed by atoms with E-state index in [0.29, 0.717) is 31.1 Å². The fraction of sp³-hybridized carbons (Fsp3) is 0.286. The van der Waals surface area contributed by atoms with Crippen molar-refractivity contribution in [3.05, 3.63) is 40.0 Å². The van der Waals surface area contributed by atoms with Crippen molar-refractivity contribution < 1.29 is 9.32 Å². The highest BCUT2D eigenvalue weighted by Gasteiger charge is 2.11. The van der Waals surface area contributed by atoms with Crippen LogP contribution in [0.1, 0.15) is 18.0 Å². The van der Waals surface area contributed by atoms with E-state index >= 15 is 0 Å². The zero-order chi connectivity index (χ0) is 15.2. The van der Waals surface area contributed by atoms with Gasteiger partial charge in [-0.3, -0.25) is 4.79 Å². The molecule has 6 nitrogen and oxygen atoms in total. The van der Waals surface area contributed by atoms with Crippen LogP contribution in [-0.2, 0) is 17.6 Å². The Bertz CT molecular complexity index is 707. The van der Waals surface area contributed by atoms with Crippen LogP contribution in [0.2, 0.25) is 0 Å². The molecule has 0 aromatic carbocycles. The third-order valence-corrected chi connectivity index (χ3v) is 4.46. The van der Waals surface area contributed by atoms with Crippen molar-refractivity contribution in [3.8, 4) is 10.7 Å². The van der Waals surface area contributed by atoms with Gasteiger partial charge >= 0.3 is 0 Å². The molecule has 0 fully saturated rings. The number of thiazole rings is 1. The van der Waals surface area contributed by atoms with Crippen molar-refractivity contribution >= 4 is 28.6 Å². The van der Waals surface area contributed by atoms with Crippen LogP contribution in [0.3, 0.4) is 0 Å². The van der Waals surface area contributed by atoms with Crippen molar-refractivity contribution in [3.63, 3.8) is 0 Å². The highest BCUT2D eigenvalue weighted by atomic mass is 32.1. The maximum absolute atomic E-state index is 11.8. The van der Waals surface area contributed by atoms with Crippen LogP contribution < -0.4 is 5.32 Å². The van der Waals surface area contributed by atoms with Crippen LogP contribution in [0, 0.1) is 0 Å². The lowest BCUT2D eigenvalue weighted by molar-refractivity contribution is -0.121. The van der Waals surface area contributed by atoms with Crippen LogP contribution in [0.15, 0.2) is 32.9 Å². The molecule has 8 heteroatoms. The number of carbonyl (C=O) groups excluding carboxylic acids is 1. The average Bonchev–Trinajstić information content (AvgIpc) is 3.26. The Balaban J connectivity index is 1.41. The molecule has 0 spiro atoms. The Morgan fingerprint density at radius 1 is 1.36 bits per heavy atom. The molecule has 114 valence electrons. The van der Waals surface area contributed by atoms with Crippen molar-refractivity contribution in [2.45, 2.75) is 19.3 Å².